The molecule has 0 saturated heterocycles. The number of methoxy groups -OCH3 is 3. The van der Waals surface area contributed by atoms with Gasteiger partial charge >= 0.3 is 0 Å². The summed E-state index contributed by atoms with van der Waals surface area (Å²) in [6.45, 7) is 4.06. The van der Waals surface area contributed by atoms with E-state index in [1.807, 2.05) is 50.2 Å². The molecule has 2 aromatic rings. The quantitative estimate of drug-likeness (QED) is 0.773. The zero-order valence-corrected chi connectivity index (χ0v) is 14.4. The van der Waals surface area contributed by atoms with Crippen LogP contribution in [0.1, 0.15) is 18.1 Å². The zero-order chi connectivity index (χ0) is 16.8. The Bertz CT molecular complexity index is 652. The van der Waals surface area contributed by atoms with Gasteiger partial charge in [-0.1, -0.05) is 12.1 Å². The van der Waals surface area contributed by atoms with Gasteiger partial charge in [0.2, 0.25) is 0 Å². The molecule has 4 nitrogen and oxygen atoms in total. The topological polar surface area (TPSA) is 36.9 Å². The molecule has 0 heterocycles. The van der Waals surface area contributed by atoms with Crippen molar-refractivity contribution in [1.82, 2.24) is 0 Å². The molecule has 1 atom stereocenters. The van der Waals surface area contributed by atoms with E-state index in [9.17, 15) is 0 Å². The standard InChI is InChI=1S/C19H24O4/c1-13-6-8-17(18(10-13)21-4)23-14(2)11-15-7-9-16(20-3)19(12-15)22-5/h6-10,12,14H,11H2,1-5H3. The van der Waals surface area contributed by atoms with Crippen molar-refractivity contribution in [2.75, 3.05) is 21.3 Å². The van der Waals surface area contributed by atoms with E-state index < -0.39 is 0 Å². The Labute approximate surface area is 137 Å². The number of hydrogen-bond acceptors (Lipinski definition) is 4. The second kappa shape index (κ2) is 7.77. The summed E-state index contributed by atoms with van der Waals surface area (Å²) in [5, 5.41) is 0. The molecule has 1 unspecified atom stereocenters. The second-order valence-corrected chi connectivity index (χ2v) is 5.48. The summed E-state index contributed by atoms with van der Waals surface area (Å²) in [4.78, 5) is 0. The van der Waals surface area contributed by atoms with Gasteiger partial charge in [0.15, 0.2) is 23.0 Å². The highest BCUT2D eigenvalue weighted by Gasteiger charge is 2.12. The van der Waals surface area contributed by atoms with Gasteiger partial charge < -0.3 is 18.9 Å². The van der Waals surface area contributed by atoms with Gasteiger partial charge in [0.25, 0.3) is 0 Å². The van der Waals surface area contributed by atoms with Crippen molar-refractivity contribution in [3.05, 3.63) is 47.5 Å². The average molecular weight is 316 g/mol. The molecule has 0 amide bonds. The van der Waals surface area contributed by atoms with Gasteiger partial charge in [0.05, 0.1) is 21.3 Å². The molecule has 0 saturated carbocycles. The lowest BCUT2D eigenvalue weighted by atomic mass is 10.1. The van der Waals surface area contributed by atoms with Crippen LogP contribution in [0.15, 0.2) is 36.4 Å². The van der Waals surface area contributed by atoms with Crippen molar-refractivity contribution in [3.63, 3.8) is 0 Å². The molecule has 0 aliphatic rings. The van der Waals surface area contributed by atoms with Crippen molar-refractivity contribution < 1.29 is 18.9 Å². The van der Waals surface area contributed by atoms with Crippen LogP contribution in [0, 0.1) is 6.92 Å². The van der Waals surface area contributed by atoms with E-state index in [0.29, 0.717) is 0 Å². The highest BCUT2D eigenvalue weighted by molar-refractivity contribution is 5.44. The van der Waals surface area contributed by atoms with Crippen LogP contribution >= 0.6 is 0 Å². The summed E-state index contributed by atoms with van der Waals surface area (Å²) in [7, 11) is 4.92. The Morgan fingerprint density at radius 2 is 1.39 bits per heavy atom. The van der Waals surface area contributed by atoms with Crippen molar-refractivity contribution in [2.24, 2.45) is 0 Å². The minimum Gasteiger partial charge on any atom is -0.493 e. The minimum atomic E-state index is 0.00436. The first kappa shape index (κ1) is 17.0. The van der Waals surface area contributed by atoms with Gasteiger partial charge in [-0.25, -0.2) is 0 Å². The largest absolute Gasteiger partial charge is 0.493 e. The van der Waals surface area contributed by atoms with Crippen LogP contribution in [0.2, 0.25) is 0 Å². The summed E-state index contributed by atoms with van der Waals surface area (Å²) in [6, 6.07) is 11.8. The summed E-state index contributed by atoms with van der Waals surface area (Å²) in [5.41, 5.74) is 2.27. The van der Waals surface area contributed by atoms with Crippen LogP contribution in [0.3, 0.4) is 0 Å². The van der Waals surface area contributed by atoms with Gasteiger partial charge in [0.1, 0.15) is 6.10 Å². The monoisotopic (exact) mass is 316 g/mol. The first-order valence-corrected chi connectivity index (χ1v) is 7.59. The van der Waals surface area contributed by atoms with Crippen LogP contribution in [-0.2, 0) is 6.42 Å². The molecule has 0 spiro atoms. The van der Waals surface area contributed by atoms with Crippen LogP contribution < -0.4 is 18.9 Å². The predicted octanol–water partition coefficient (Wildman–Crippen LogP) is 4.03. The third kappa shape index (κ3) is 4.31. The van der Waals surface area contributed by atoms with Crippen LogP contribution in [0.25, 0.3) is 0 Å². The highest BCUT2D eigenvalue weighted by atomic mass is 16.5. The first-order valence-electron chi connectivity index (χ1n) is 7.59. The van der Waals surface area contributed by atoms with Crippen LogP contribution in [-0.4, -0.2) is 27.4 Å². The van der Waals surface area contributed by atoms with E-state index in [1.54, 1.807) is 21.3 Å². The first-order chi connectivity index (χ1) is 11.1. The van der Waals surface area contributed by atoms with Crippen molar-refractivity contribution in [1.29, 1.82) is 0 Å². The number of ether oxygens (including phenoxy) is 4. The molecule has 124 valence electrons. The van der Waals surface area contributed by atoms with E-state index in [0.717, 1.165) is 40.5 Å². The number of rotatable bonds is 7. The predicted molar refractivity (Wildman–Crippen MR) is 91.1 cm³/mol. The van der Waals surface area contributed by atoms with Crippen molar-refractivity contribution in [3.8, 4) is 23.0 Å². The average Bonchev–Trinajstić information content (AvgIpc) is 2.56. The molecule has 0 aromatic heterocycles. The molecule has 2 rings (SSSR count). The normalized spacial score (nSPS) is 11.7. The molecule has 0 radical (unpaired) electrons. The minimum absolute atomic E-state index is 0.00436. The Morgan fingerprint density at radius 3 is 2.04 bits per heavy atom. The van der Waals surface area contributed by atoms with E-state index in [-0.39, 0.29) is 6.10 Å². The number of benzene rings is 2. The maximum Gasteiger partial charge on any atom is 0.161 e. The Hall–Kier alpha value is -2.36. The second-order valence-electron chi connectivity index (χ2n) is 5.48. The van der Waals surface area contributed by atoms with Gasteiger partial charge in [-0.05, 0) is 49.2 Å². The fraction of sp³-hybridized carbons (Fsp3) is 0.368. The highest BCUT2D eigenvalue weighted by Crippen LogP contribution is 2.31. The van der Waals surface area contributed by atoms with E-state index in [2.05, 4.69) is 0 Å². The van der Waals surface area contributed by atoms with E-state index >= 15 is 0 Å². The van der Waals surface area contributed by atoms with Gasteiger partial charge in [-0.2, -0.15) is 0 Å². The third-order valence-electron chi connectivity index (χ3n) is 3.62. The molecule has 0 fully saturated rings. The van der Waals surface area contributed by atoms with Gasteiger partial charge in [0, 0.05) is 6.42 Å². The lowest BCUT2D eigenvalue weighted by Gasteiger charge is -2.18. The smallest absolute Gasteiger partial charge is 0.161 e. The summed E-state index contributed by atoms with van der Waals surface area (Å²) in [6.07, 6.45) is 0.766. The fourth-order valence-corrected chi connectivity index (χ4v) is 2.47. The van der Waals surface area contributed by atoms with Crippen molar-refractivity contribution in [2.45, 2.75) is 26.4 Å². The molecule has 0 bridgehead atoms. The molecule has 2 aromatic carbocycles. The zero-order valence-electron chi connectivity index (χ0n) is 14.4. The van der Waals surface area contributed by atoms with E-state index in [1.165, 1.54) is 0 Å². The Kier molecular flexibility index (Phi) is 5.74. The fourth-order valence-electron chi connectivity index (χ4n) is 2.47. The Balaban J connectivity index is 2.09. The maximum atomic E-state index is 6.03. The SMILES string of the molecule is COc1ccc(CC(C)Oc2ccc(C)cc2OC)cc1OC. The number of aryl methyl sites for hydroxylation is 1. The van der Waals surface area contributed by atoms with E-state index in [4.69, 9.17) is 18.9 Å². The Morgan fingerprint density at radius 1 is 0.783 bits per heavy atom. The lowest BCUT2D eigenvalue weighted by Crippen LogP contribution is -2.15. The maximum absolute atomic E-state index is 6.03. The van der Waals surface area contributed by atoms with Gasteiger partial charge in [-0.3, -0.25) is 0 Å². The summed E-state index contributed by atoms with van der Waals surface area (Å²) >= 11 is 0. The molecule has 23 heavy (non-hydrogen) atoms. The number of hydrogen-bond donors (Lipinski definition) is 0. The molecule has 0 N–H and O–H groups in total. The molecule has 0 aliphatic carbocycles. The van der Waals surface area contributed by atoms with Crippen LogP contribution in [0.5, 0.6) is 23.0 Å². The molecular weight excluding hydrogens is 292 g/mol. The lowest BCUT2D eigenvalue weighted by molar-refractivity contribution is 0.211. The molecular formula is C19H24O4. The van der Waals surface area contributed by atoms with Gasteiger partial charge in [-0.15, -0.1) is 0 Å². The summed E-state index contributed by atoms with van der Waals surface area (Å²) in [5.74, 6) is 2.96. The molecule has 4 heteroatoms. The van der Waals surface area contributed by atoms with Crippen molar-refractivity contribution >= 4 is 0 Å². The third-order valence-corrected chi connectivity index (χ3v) is 3.62. The van der Waals surface area contributed by atoms with Crippen LogP contribution in [0.4, 0.5) is 0 Å². The summed E-state index contributed by atoms with van der Waals surface area (Å²) < 4.78 is 22.0. The molecule has 0 aliphatic heterocycles.